The number of benzene rings is 6. The Bertz CT molecular complexity index is 6590. The highest BCUT2D eigenvalue weighted by molar-refractivity contribution is 5.85. The van der Waals surface area contributed by atoms with Crippen molar-refractivity contribution in [2.45, 2.75) is 186 Å². The molecular weight excluding hydrogens is 1800 g/mol. The van der Waals surface area contributed by atoms with Crippen molar-refractivity contribution in [3.05, 3.63) is 415 Å². The first kappa shape index (κ1) is 104. The van der Waals surface area contributed by atoms with Gasteiger partial charge in [-0.3, -0.25) is 67.9 Å². The van der Waals surface area contributed by atoms with Gasteiger partial charge in [0.25, 0.3) is 33.4 Å². The van der Waals surface area contributed by atoms with Gasteiger partial charge in [-0.1, -0.05) is 188 Å². The molecule has 0 radical (unpaired) electrons. The molecule has 746 valence electrons. The number of pyridine rings is 7. The molecule has 142 heavy (non-hydrogen) atoms. The Kier molecular flexibility index (Phi) is 38.2. The molecule has 30 nitrogen and oxygen atoms in total. The summed E-state index contributed by atoms with van der Waals surface area (Å²) < 4.78 is 9.12. The lowest BCUT2D eigenvalue weighted by Gasteiger charge is -2.24. The van der Waals surface area contributed by atoms with Crippen LogP contribution in [0.5, 0.6) is 34.5 Å². The summed E-state index contributed by atoms with van der Waals surface area (Å²) in [6.07, 6.45) is 23.7. The van der Waals surface area contributed by atoms with Gasteiger partial charge in [-0.05, 0) is 198 Å². The molecule has 0 saturated carbocycles. The number of β-amino-alcohol motifs (C(OH)–C–C–N with tert-alkyl or cyclic N) is 1. The highest BCUT2D eigenvalue weighted by Gasteiger charge is 2.33. The summed E-state index contributed by atoms with van der Waals surface area (Å²) in [6, 6.07) is 75.4. The lowest BCUT2D eigenvalue weighted by molar-refractivity contribution is -0.126. The van der Waals surface area contributed by atoms with Gasteiger partial charge in [-0.15, -0.1) is 0 Å². The SMILES string of the molecule is O=C(CO)C1CCCN1Cc1ccn(Cc2ccccc2)c(=O)c1O.O=c1c(O)c(CN2CCC(O)C2)ccn1Cc1ccccc1.O=c1c(O)c(CN2CCCC2)ccn1Cc1ccccc1.O=c1c(O)c(CN2CCCC2c2ccccn2)ccn1Cc1ccccc1.O=c1c(O)c(CN2CCC[C@@H]2CCO)ccn1Cc1ccccc1.O=c1c(O)c(CN2CCC[C@@H]2CO)ccn1Cc1ccccc1. The van der Waals surface area contributed by atoms with Gasteiger partial charge in [0.15, 0.2) is 40.3 Å². The zero-order valence-corrected chi connectivity index (χ0v) is 80.3. The lowest BCUT2D eigenvalue weighted by Crippen LogP contribution is -2.37. The average Bonchev–Trinajstić information content (AvgIpc) is 1.66. The minimum absolute atomic E-state index is 0.111. The number of hydrogen-bond donors (Lipinski definition) is 10. The standard InChI is InChI=1S/C22H23N3O2.C19H22N2O4.C19H24N2O3.C18H22N2O3.C17H20N2O3.C17H20N2O2/c26-21-18(11-14-25(22(21)27)15-17-7-2-1-3-8-17)16-24-13-6-10-20(24)19-9-4-5-12-23-19;22-13-17(23)16-7-4-9-20(16)12-15-8-10-21(19(25)18(15)24)11-14-5-2-1-3-6-14;22-12-9-17-7-4-10-20(17)14-16-8-11-21(19(24)18(16)23)13-15-5-2-1-3-6-15;21-13-16-7-4-9-19(16)12-15-8-10-20(18(23)17(15)22)11-14-5-2-1-3-6-14;20-15-7-8-18(12-15)11-14-6-9-19(17(22)16(14)21)10-13-4-2-1-3-5-13;20-16-15(13-18-9-4-5-10-18)8-11-19(17(16)21)12-14-6-2-1-3-7-14/h1-5,7-9,11-12,14,20,26H,6,10,13,15-16H2;1-3,5-6,8,10,16,22,24H,4,7,9,11-13H2;1-3,5-6,8,11,17,22-23H,4,7,9-10,12-14H2;1-3,5-6,8,10,16,21-22H,4,7,9,11-13H2;1-6,9,15,20-21H,7-8,10-12H2;1-3,6-8,11,20H,4-5,9-10,12-13H2/t;;17-;16-;;/m..11../s1. The van der Waals surface area contributed by atoms with Gasteiger partial charge in [-0.2, -0.15) is 0 Å². The predicted octanol–water partition coefficient (Wildman–Crippen LogP) is 11.3. The minimum Gasteiger partial charge on any atom is -0.503 e. The topological polar surface area (TPSA) is 384 Å². The van der Waals surface area contributed by atoms with Crippen LogP contribution in [0, 0.1) is 0 Å². The number of aromatic hydroxyl groups is 6. The number of likely N-dealkylation sites (tertiary alicyclic amines) is 6. The van der Waals surface area contributed by atoms with E-state index in [1.165, 1.54) is 31.1 Å². The quantitative estimate of drug-likeness (QED) is 0.0200. The zero-order valence-electron chi connectivity index (χ0n) is 80.3. The fourth-order valence-electron chi connectivity index (χ4n) is 19.3. The molecular formula is C112H131N13O17. The molecule has 6 fully saturated rings. The van der Waals surface area contributed by atoms with Gasteiger partial charge in [-0.25, -0.2) is 0 Å². The van der Waals surface area contributed by atoms with Crippen LogP contribution in [0.15, 0.2) is 309 Å². The van der Waals surface area contributed by atoms with E-state index in [9.17, 15) is 74.4 Å². The third-order valence-electron chi connectivity index (χ3n) is 27.2. The largest absolute Gasteiger partial charge is 0.503 e. The average molecular weight is 1930 g/mol. The number of carbonyl (C=O) groups excluding carboxylic acids is 1. The van der Waals surface area contributed by atoms with Gasteiger partial charge >= 0.3 is 0 Å². The van der Waals surface area contributed by atoms with E-state index in [1.807, 2.05) is 234 Å². The maximum Gasteiger partial charge on any atom is 0.293 e. The van der Waals surface area contributed by atoms with Crippen LogP contribution in [0.1, 0.15) is 156 Å². The van der Waals surface area contributed by atoms with Crippen molar-refractivity contribution < 1.29 is 55.9 Å². The third-order valence-corrected chi connectivity index (χ3v) is 27.2. The first-order valence-electron chi connectivity index (χ1n) is 49.1. The summed E-state index contributed by atoms with van der Waals surface area (Å²) >= 11 is 0. The number of aliphatic hydroxyl groups is 4. The summed E-state index contributed by atoms with van der Waals surface area (Å²) in [6.45, 7) is 12.5. The number of ketones is 1. The zero-order chi connectivity index (χ0) is 99.8. The normalized spacial score (nSPS) is 17.6. The molecule has 3 unspecified atom stereocenters. The maximum atomic E-state index is 12.6. The maximum absolute atomic E-state index is 12.6. The molecule has 6 aliphatic rings. The van der Waals surface area contributed by atoms with E-state index in [2.05, 4.69) is 24.6 Å². The molecule has 6 aromatic carbocycles. The van der Waals surface area contributed by atoms with Gasteiger partial charge in [0.05, 0.1) is 69.8 Å². The molecule has 0 bridgehead atoms. The van der Waals surface area contributed by atoms with E-state index in [1.54, 1.807) is 64.5 Å². The van der Waals surface area contributed by atoms with Crippen molar-refractivity contribution in [1.82, 2.24) is 61.8 Å². The van der Waals surface area contributed by atoms with Crippen LogP contribution >= 0.6 is 0 Å². The molecule has 7 aromatic heterocycles. The van der Waals surface area contributed by atoms with Crippen molar-refractivity contribution >= 4 is 5.78 Å². The molecule has 13 aromatic rings. The van der Waals surface area contributed by atoms with Crippen molar-refractivity contribution in [1.29, 1.82) is 0 Å². The van der Waals surface area contributed by atoms with E-state index >= 15 is 0 Å². The van der Waals surface area contributed by atoms with Gasteiger partial charge in [0.1, 0.15) is 6.61 Å². The molecule has 0 aliphatic carbocycles. The van der Waals surface area contributed by atoms with E-state index in [0.717, 1.165) is 142 Å². The molecule has 5 atom stereocenters. The molecule has 30 heteroatoms. The molecule has 13 heterocycles. The highest BCUT2D eigenvalue weighted by atomic mass is 16.3. The summed E-state index contributed by atoms with van der Waals surface area (Å²) in [7, 11) is 0. The van der Waals surface area contributed by atoms with Gasteiger partial charge in [0.2, 0.25) is 0 Å². The van der Waals surface area contributed by atoms with Crippen LogP contribution in [0.2, 0.25) is 0 Å². The monoisotopic (exact) mass is 1930 g/mol. The second-order valence-electron chi connectivity index (χ2n) is 37.2. The minimum atomic E-state index is -0.480. The summed E-state index contributed by atoms with van der Waals surface area (Å²) in [5.74, 6) is -1.30. The van der Waals surface area contributed by atoms with Crippen molar-refractivity contribution in [3.8, 4) is 34.5 Å². The van der Waals surface area contributed by atoms with Crippen LogP contribution in [-0.4, -0.2) is 215 Å². The number of rotatable bonds is 30. The van der Waals surface area contributed by atoms with E-state index in [4.69, 9.17) is 10.2 Å². The van der Waals surface area contributed by atoms with Crippen LogP contribution in [0.25, 0.3) is 0 Å². The Morgan fingerprint density at radius 1 is 0.296 bits per heavy atom. The first-order valence-corrected chi connectivity index (χ1v) is 49.1. The predicted molar refractivity (Wildman–Crippen MR) is 546 cm³/mol. The Labute approximate surface area is 826 Å². The van der Waals surface area contributed by atoms with Crippen LogP contribution in [-0.2, 0) is 83.3 Å². The Morgan fingerprint density at radius 2 is 0.599 bits per heavy atom. The highest BCUT2D eigenvalue weighted by Crippen LogP contribution is 2.34. The van der Waals surface area contributed by atoms with Crippen molar-refractivity contribution in [3.63, 3.8) is 0 Å². The number of aromatic nitrogens is 7. The third kappa shape index (κ3) is 28.6. The molecule has 0 spiro atoms. The number of hydrogen-bond acceptors (Lipinski definition) is 24. The first-order chi connectivity index (χ1) is 69.1. The van der Waals surface area contributed by atoms with Gasteiger partial charge < -0.3 is 78.5 Å². The Balaban J connectivity index is 0.000000136. The van der Waals surface area contributed by atoms with E-state index in [-0.39, 0.29) is 106 Å². The van der Waals surface area contributed by atoms with E-state index < -0.39 is 12.2 Å². The summed E-state index contributed by atoms with van der Waals surface area (Å²) in [4.78, 5) is 104. The molecule has 6 saturated heterocycles. The Hall–Kier alpha value is -13.8. The number of aliphatic hydroxyl groups excluding tert-OH is 4. The second kappa shape index (κ2) is 52.1. The van der Waals surface area contributed by atoms with Gasteiger partial charge in [0, 0.05) is 148 Å². The summed E-state index contributed by atoms with van der Waals surface area (Å²) in [5.41, 5.74) is 8.77. The number of nitrogens with zero attached hydrogens (tertiary/aromatic N) is 13. The van der Waals surface area contributed by atoms with E-state index in [0.29, 0.717) is 132 Å². The molecule has 0 amide bonds. The fourth-order valence-corrected chi connectivity index (χ4v) is 19.3. The second-order valence-corrected chi connectivity index (χ2v) is 37.2. The van der Waals surface area contributed by atoms with Crippen molar-refractivity contribution in [2.24, 2.45) is 0 Å². The Morgan fingerprint density at radius 3 is 0.930 bits per heavy atom. The van der Waals surface area contributed by atoms with Crippen LogP contribution in [0.3, 0.4) is 0 Å². The van der Waals surface area contributed by atoms with Crippen LogP contribution in [0.4, 0.5) is 0 Å². The molecule has 19 rings (SSSR count). The number of carbonyl (C=O) groups is 1. The molecule has 6 aliphatic heterocycles. The lowest BCUT2D eigenvalue weighted by atomic mass is 10.1. The smallest absolute Gasteiger partial charge is 0.293 e. The van der Waals surface area contributed by atoms with Crippen molar-refractivity contribution in [2.75, 3.05) is 72.2 Å². The number of Topliss-reactive ketones (excluding diaryl/α,β-unsaturated/α-hetero) is 1. The molecule has 10 N–H and O–H groups in total. The van der Waals surface area contributed by atoms with Crippen LogP contribution < -0.4 is 33.4 Å². The summed E-state index contributed by atoms with van der Waals surface area (Å²) in [5, 5.41) is 98.8. The fraction of sp³-hybridized carbons (Fsp3) is 0.357.